The Bertz CT molecular complexity index is 854. The Hall–Kier alpha value is -2.69. The average molecular weight is 338 g/mol. The maximum atomic E-state index is 6.08. The number of benzene rings is 2. The highest BCUT2D eigenvalue weighted by atomic mass is 16.5. The first kappa shape index (κ1) is 15.8. The van der Waals surface area contributed by atoms with Crippen LogP contribution in [0.4, 0.5) is 0 Å². The summed E-state index contributed by atoms with van der Waals surface area (Å²) in [4.78, 5) is 4.65. The topological polar surface area (TPSA) is 66.1 Å². The van der Waals surface area contributed by atoms with Crippen molar-refractivity contribution in [1.29, 1.82) is 0 Å². The molecule has 0 fully saturated rings. The molecular formula is C20H22N2O3. The van der Waals surface area contributed by atoms with E-state index in [1.807, 2.05) is 42.5 Å². The lowest BCUT2D eigenvalue weighted by atomic mass is 9.81. The summed E-state index contributed by atoms with van der Waals surface area (Å²) < 4.78 is 17.6. The van der Waals surface area contributed by atoms with E-state index in [0.717, 1.165) is 28.4 Å². The number of hydrogen-bond donors (Lipinski definition) is 1. The molecule has 1 atom stereocenters. The summed E-state index contributed by atoms with van der Waals surface area (Å²) in [6.07, 6.45) is 0. The molecule has 0 bridgehead atoms. The van der Waals surface area contributed by atoms with Crippen molar-refractivity contribution in [3.05, 3.63) is 53.6 Å². The van der Waals surface area contributed by atoms with Crippen molar-refractivity contribution in [2.75, 3.05) is 13.2 Å². The number of hydrogen-bond acceptors (Lipinski definition) is 5. The molecule has 2 N–H and O–H groups in total. The molecule has 5 heteroatoms. The summed E-state index contributed by atoms with van der Waals surface area (Å²) in [5.74, 6) is 2.32. The number of para-hydroxylation sites is 1. The van der Waals surface area contributed by atoms with Crippen molar-refractivity contribution in [3.63, 3.8) is 0 Å². The SMILES string of the molecule is CC(C)(C)COc1ccc2c(c1)[C@]1(COC(N)=N1)c1ccccc1O2. The number of fused-ring (bicyclic) bond motifs is 4. The Morgan fingerprint density at radius 1 is 1.12 bits per heavy atom. The maximum absolute atomic E-state index is 6.08. The van der Waals surface area contributed by atoms with Gasteiger partial charge in [0, 0.05) is 11.1 Å². The van der Waals surface area contributed by atoms with Crippen LogP contribution in [0.2, 0.25) is 0 Å². The molecule has 0 saturated heterocycles. The molecule has 0 amide bonds. The number of nitrogens with two attached hydrogens (primary N) is 1. The Labute approximate surface area is 147 Å². The van der Waals surface area contributed by atoms with Gasteiger partial charge in [0.05, 0.1) is 6.61 Å². The summed E-state index contributed by atoms with van der Waals surface area (Å²) in [5.41, 5.74) is 7.13. The molecule has 2 aliphatic heterocycles. The molecule has 1 spiro atoms. The van der Waals surface area contributed by atoms with E-state index < -0.39 is 5.54 Å². The van der Waals surface area contributed by atoms with Crippen LogP contribution in [0, 0.1) is 5.41 Å². The van der Waals surface area contributed by atoms with Gasteiger partial charge in [-0.3, -0.25) is 0 Å². The third-order valence-corrected chi connectivity index (χ3v) is 4.35. The number of rotatable bonds is 2. The van der Waals surface area contributed by atoms with Gasteiger partial charge >= 0.3 is 0 Å². The van der Waals surface area contributed by atoms with Gasteiger partial charge in [0.15, 0.2) is 5.54 Å². The van der Waals surface area contributed by atoms with Crippen molar-refractivity contribution in [2.45, 2.75) is 26.3 Å². The quantitative estimate of drug-likeness (QED) is 0.904. The predicted molar refractivity (Wildman–Crippen MR) is 96.3 cm³/mol. The van der Waals surface area contributed by atoms with Crippen LogP contribution in [-0.4, -0.2) is 19.2 Å². The smallest absolute Gasteiger partial charge is 0.283 e. The first-order chi connectivity index (χ1) is 11.9. The number of aliphatic imine (C=N–C) groups is 1. The fourth-order valence-corrected chi connectivity index (χ4v) is 3.18. The molecule has 2 heterocycles. The molecule has 0 unspecified atom stereocenters. The first-order valence-electron chi connectivity index (χ1n) is 8.40. The highest BCUT2D eigenvalue weighted by molar-refractivity contribution is 5.76. The number of ether oxygens (including phenoxy) is 3. The third kappa shape index (κ3) is 2.69. The summed E-state index contributed by atoms with van der Waals surface area (Å²) in [6.45, 7) is 7.40. The lowest BCUT2D eigenvalue weighted by Crippen LogP contribution is -2.31. The minimum Gasteiger partial charge on any atom is -0.493 e. The molecule has 130 valence electrons. The summed E-state index contributed by atoms with van der Waals surface area (Å²) in [7, 11) is 0. The molecule has 0 radical (unpaired) electrons. The second kappa shape index (κ2) is 5.41. The van der Waals surface area contributed by atoms with Gasteiger partial charge in [-0.1, -0.05) is 39.0 Å². The van der Waals surface area contributed by atoms with E-state index in [2.05, 4.69) is 25.8 Å². The van der Waals surface area contributed by atoms with Crippen LogP contribution in [0.3, 0.4) is 0 Å². The van der Waals surface area contributed by atoms with Crippen molar-refractivity contribution < 1.29 is 14.2 Å². The highest BCUT2D eigenvalue weighted by Crippen LogP contribution is 2.51. The van der Waals surface area contributed by atoms with Crippen LogP contribution < -0.4 is 15.2 Å². The van der Waals surface area contributed by atoms with Gasteiger partial charge in [-0.15, -0.1) is 0 Å². The van der Waals surface area contributed by atoms with Crippen LogP contribution in [0.5, 0.6) is 17.2 Å². The van der Waals surface area contributed by atoms with Crippen LogP contribution in [0.1, 0.15) is 31.9 Å². The molecule has 4 rings (SSSR count). The first-order valence-corrected chi connectivity index (χ1v) is 8.40. The molecule has 25 heavy (non-hydrogen) atoms. The highest BCUT2D eigenvalue weighted by Gasteiger charge is 2.46. The number of amidine groups is 1. The van der Waals surface area contributed by atoms with Crippen LogP contribution >= 0.6 is 0 Å². The zero-order valence-corrected chi connectivity index (χ0v) is 14.7. The zero-order valence-electron chi connectivity index (χ0n) is 14.7. The Kier molecular flexibility index (Phi) is 3.42. The van der Waals surface area contributed by atoms with Crippen molar-refractivity contribution in [2.24, 2.45) is 16.1 Å². The van der Waals surface area contributed by atoms with Gasteiger partial charge in [0.2, 0.25) is 0 Å². The molecular weight excluding hydrogens is 316 g/mol. The van der Waals surface area contributed by atoms with Gasteiger partial charge in [-0.2, -0.15) is 0 Å². The lowest BCUT2D eigenvalue weighted by molar-refractivity contribution is 0.197. The summed E-state index contributed by atoms with van der Waals surface area (Å²) >= 11 is 0. The molecule has 2 aromatic carbocycles. The minimum atomic E-state index is -0.685. The van der Waals surface area contributed by atoms with Crippen LogP contribution in [-0.2, 0) is 10.3 Å². The van der Waals surface area contributed by atoms with E-state index in [1.165, 1.54) is 0 Å². The van der Waals surface area contributed by atoms with Crippen molar-refractivity contribution >= 4 is 6.02 Å². The van der Waals surface area contributed by atoms with E-state index in [1.54, 1.807) is 0 Å². The van der Waals surface area contributed by atoms with E-state index in [4.69, 9.17) is 19.9 Å². The summed E-state index contributed by atoms with van der Waals surface area (Å²) in [6, 6.07) is 13.9. The van der Waals surface area contributed by atoms with Crippen molar-refractivity contribution in [3.8, 4) is 17.2 Å². The van der Waals surface area contributed by atoms with E-state index in [0.29, 0.717) is 13.2 Å². The van der Waals surface area contributed by atoms with Crippen molar-refractivity contribution in [1.82, 2.24) is 0 Å². The predicted octanol–water partition coefficient (Wildman–Crippen LogP) is 3.81. The fraction of sp³-hybridized carbons (Fsp3) is 0.350. The molecule has 2 aromatic rings. The average Bonchev–Trinajstić information content (AvgIpc) is 2.96. The van der Waals surface area contributed by atoms with Gasteiger partial charge in [0.1, 0.15) is 23.9 Å². The van der Waals surface area contributed by atoms with Crippen LogP contribution in [0.15, 0.2) is 47.5 Å². The van der Waals surface area contributed by atoms with Gasteiger partial charge < -0.3 is 19.9 Å². The standard InChI is InChI=1S/C20H22N2O3/c1-19(2,3)11-23-13-8-9-17-15(10-13)20(12-24-18(21)22-20)14-6-4-5-7-16(14)25-17/h4-10H,11-12H2,1-3H3,(H2,21,22)/t20-/m0/s1. The van der Waals surface area contributed by atoms with Gasteiger partial charge in [-0.05, 0) is 29.7 Å². The van der Waals surface area contributed by atoms with E-state index >= 15 is 0 Å². The summed E-state index contributed by atoms with van der Waals surface area (Å²) in [5, 5.41) is 0. The molecule has 2 aliphatic rings. The lowest BCUT2D eigenvalue weighted by Gasteiger charge is -2.33. The molecule has 0 aromatic heterocycles. The Balaban J connectivity index is 1.81. The Morgan fingerprint density at radius 3 is 2.60 bits per heavy atom. The van der Waals surface area contributed by atoms with E-state index in [9.17, 15) is 0 Å². The molecule has 0 saturated carbocycles. The maximum Gasteiger partial charge on any atom is 0.283 e. The number of nitrogens with zero attached hydrogens (tertiary/aromatic N) is 1. The van der Waals surface area contributed by atoms with Gasteiger partial charge in [-0.25, -0.2) is 4.99 Å². The van der Waals surface area contributed by atoms with Crippen LogP contribution in [0.25, 0.3) is 0 Å². The Morgan fingerprint density at radius 2 is 1.88 bits per heavy atom. The molecule has 5 nitrogen and oxygen atoms in total. The second-order valence-electron chi connectivity index (χ2n) is 7.70. The normalized spacial score (nSPS) is 21.0. The second-order valence-corrected chi connectivity index (χ2v) is 7.70. The fourth-order valence-electron chi connectivity index (χ4n) is 3.18. The monoisotopic (exact) mass is 338 g/mol. The largest absolute Gasteiger partial charge is 0.493 e. The van der Waals surface area contributed by atoms with Gasteiger partial charge in [0.25, 0.3) is 6.02 Å². The minimum absolute atomic E-state index is 0.0791. The molecule has 0 aliphatic carbocycles. The third-order valence-electron chi connectivity index (χ3n) is 4.35. The zero-order chi connectivity index (χ0) is 17.7. The van der Waals surface area contributed by atoms with E-state index in [-0.39, 0.29) is 11.4 Å².